The molecular weight excluding hydrogens is 911 g/mol. The van der Waals surface area contributed by atoms with Crippen LogP contribution in [0.2, 0.25) is 15.1 Å². The highest BCUT2D eigenvalue weighted by Gasteiger charge is 2.48. The maximum Gasteiger partial charge on any atom is 0.341 e. The first-order chi connectivity index (χ1) is 24.6. The number of nitrogens with zero attached hydrogens (tertiary/aromatic N) is 2. The van der Waals surface area contributed by atoms with Crippen LogP contribution in [-0.2, 0) is 10.3 Å². The Morgan fingerprint density at radius 2 is 1.06 bits per heavy atom. The number of carbonyl (C=O) groups is 1. The maximum atomic E-state index is 14.2. The van der Waals surface area contributed by atoms with E-state index in [0.29, 0.717) is 39.6 Å². The lowest BCUT2D eigenvalue weighted by Gasteiger charge is -2.28. The van der Waals surface area contributed by atoms with Gasteiger partial charge in [0, 0.05) is 60.7 Å². The molecule has 0 atom stereocenters. The Morgan fingerprint density at radius 1 is 0.635 bits per heavy atom. The van der Waals surface area contributed by atoms with Gasteiger partial charge in [-0.25, -0.2) is 4.79 Å². The SMILES string of the molecule is Cc1ccc(C(=CC2(C=C(c3ccc(C)cc3)c3ccc(N(C)C)cc3Cl)OC(=O)c3c(Br)c(Cl)c(Br)c(Br)c32)c2ccc(N(C)C)cc2Cl)cc1. The maximum absolute atomic E-state index is 14.2. The highest BCUT2D eigenvalue weighted by molar-refractivity contribution is 9.13. The molecule has 0 aliphatic carbocycles. The molecule has 0 unspecified atom stereocenters. The van der Waals surface area contributed by atoms with Gasteiger partial charge in [0.2, 0.25) is 0 Å². The number of benzene rings is 5. The van der Waals surface area contributed by atoms with Crippen molar-refractivity contribution < 1.29 is 9.53 Å². The van der Waals surface area contributed by atoms with Crippen LogP contribution in [0, 0.1) is 13.8 Å². The molecule has 52 heavy (non-hydrogen) atoms. The molecule has 266 valence electrons. The Morgan fingerprint density at radius 3 is 1.44 bits per heavy atom. The van der Waals surface area contributed by atoms with Gasteiger partial charge in [0.1, 0.15) is 0 Å². The fraction of sp³-hybridized carbons (Fsp3) is 0.167. The van der Waals surface area contributed by atoms with Crippen molar-refractivity contribution in [2.75, 3.05) is 38.0 Å². The molecule has 0 saturated heterocycles. The number of rotatable bonds is 8. The van der Waals surface area contributed by atoms with E-state index in [1.54, 1.807) is 0 Å². The van der Waals surface area contributed by atoms with Crippen LogP contribution in [0.3, 0.4) is 0 Å². The Kier molecular flexibility index (Phi) is 11.4. The largest absolute Gasteiger partial charge is 0.442 e. The number of aryl methyl sites for hydroxylation is 2. The summed E-state index contributed by atoms with van der Waals surface area (Å²) in [5, 5.41) is 1.43. The second-order valence-corrected chi connectivity index (χ2v) is 16.7. The second kappa shape index (κ2) is 15.4. The van der Waals surface area contributed by atoms with Crippen LogP contribution in [0.5, 0.6) is 0 Å². The molecule has 0 fully saturated rings. The molecule has 0 spiro atoms. The van der Waals surface area contributed by atoms with Crippen molar-refractivity contribution in [3.05, 3.63) is 170 Å². The van der Waals surface area contributed by atoms with Crippen LogP contribution in [0.4, 0.5) is 11.4 Å². The highest BCUT2D eigenvalue weighted by atomic mass is 79.9. The van der Waals surface area contributed by atoms with Gasteiger partial charge in [-0.2, -0.15) is 0 Å². The Balaban J connectivity index is 1.78. The predicted octanol–water partition coefficient (Wildman–Crippen LogP) is 13.3. The van der Waals surface area contributed by atoms with Gasteiger partial charge in [-0.15, -0.1) is 0 Å². The minimum Gasteiger partial charge on any atom is -0.442 e. The van der Waals surface area contributed by atoms with E-state index in [1.807, 2.05) is 125 Å². The van der Waals surface area contributed by atoms with Crippen LogP contribution < -0.4 is 9.80 Å². The molecule has 0 bridgehead atoms. The van der Waals surface area contributed by atoms with E-state index < -0.39 is 11.6 Å². The molecule has 0 saturated carbocycles. The number of hydrogen-bond acceptors (Lipinski definition) is 4. The van der Waals surface area contributed by atoms with E-state index in [4.69, 9.17) is 39.5 Å². The minimum atomic E-state index is -1.51. The third-order valence-electron chi connectivity index (χ3n) is 9.08. The lowest BCUT2D eigenvalue weighted by atomic mass is 9.83. The van der Waals surface area contributed by atoms with Crippen molar-refractivity contribution in [3.8, 4) is 0 Å². The van der Waals surface area contributed by atoms with Crippen LogP contribution in [0.1, 0.15) is 49.3 Å². The molecule has 1 aliphatic rings. The van der Waals surface area contributed by atoms with Gasteiger partial charge >= 0.3 is 5.97 Å². The van der Waals surface area contributed by atoms with Gasteiger partial charge in [-0.05, 0) is 120 Å². The molecule has 10 heteroatoms. The molecule has 5 aromatic rings. The normalized spacial score (nSPS) is 15.8. The monoisotopic (exact) mass is 940 g/mol. The first kappa shape index (κ1) is 38.7. The summed E-state index contributed by atoms with van der Waals surface area (Å²) in [6.07, 6.45) is 3.96. The van der Waals surface area contributed by atoms with Gasteiger partial charge in [0.25, 0.3) is 0 Å². The molecule has 1 aliphatic heterocycles. The van der Waals surface area contributed by atoms with Gasteiger partial charge in [0.15, 0.2) is 5.60 Å². The summed E-state index contributed by atoms with van der Waals surface area (Å²) in [7, 11) is 7.88. The van der Waals surface area contributed by atoms with Crippen LogP contribution in [0.25, 0.3) is 11.1 Å². The molecule has 5 aromatic carbocycles. The lowest BCUT2D eigenvalue weighted by Crippen LogP contribution is -2.23. The predicted molar refractivity (Wildman–Crippen MR) is 230 cm³/mol. The number of hydrogen-bond donors (Lipinski definition) is 0. The molecule has 0 amide bonds. The topological polar surface area (TPSA) is 32.8 Å². The number of fused-ring (bicyclic) bond motifs is 1. The van der Waals surface area contributed by atoms with Crippen molar-refractivity contribution >= 4 is 111 Å². The highest BCUT2D eigenvalue weighted by Crippen LogP contribution is 2.54. The number of esters is 1. The number of ether oxygens (including phenoxy) is 1. The lowest BCUT2D eigenvalue weighted by molar-refractivity contribution is 0.0298. The Hall–Kier alpha value is -3.04. The first-order valence-corrected chi connectivity index (χ1v) is 19.8. The van der Waals surface area contributed by atoms with E-state index in [-0.39, 0.29) is 0 Å². The average molecular weight is 945 g/mol. The molecule has 1 heterocycles. The summed E-state index contributed by atoms with van der Waals surface area (Å²) < 4.78 is 8.22. The summed E-state index contributed by atoms with van der Waals surface area (Å²) >= 11 is 32.2. The molecule has 6 rings (SSSR count). The minimum absolute atomic E-state index is 0.308. The quantitative estimate of drug-likeness (QED) is 0.0882. The number of anilines is 2. The van der Waals surface area contributed by atoms with E-state index in [2.05, 4.69) is 72.1 Å². The molecule has 0 N–H and O–H groups in total. The van der Waals surface area contributed by atoms with E-state index in [9.17, 15) is 4.79 Å². The first-order valence-electron chi connectivity index (χ1n) is 16.3. The molecule has 0 radical (unpaired) electrons. The number of carbonyl (C=O) groups excluding carboxylic acids is 1. The van der Waals surface area contributed by atoms with Gasteiger partial charge in [-0.1, -0.05) is 107 Å². The third-order valence-corrected chi connectivity index (χ3v) is 13.5. The van der Waals surface area contributed by atoms with Gasteiger partial charge in [-0.3, -0.25) is 0 Å². The van der Waals surface area contributed by atoms with Crippen molar-refractivity contribution in [3.63, 3.8) is 0 Å². The van der Waals surface area contributed by atoms with Crippen molar-refractivity contribution in [2.24, 2.45) is 0 Å². The van der Waals surface area contributed by atoms with E-state index in [0.717, 1.165) is 55.9 Å². The van der Waals surface area contributed by atoms with Gasteiger partial charge in [0.05, 0.1) is 29.6 Å². The zero-order valence-corrected chi connectivity index (χ0v) is 36.2. The van der Waals surface area contributed by atoms with Crippen molar-refractivity contribution in [1.29, 1.82) is 0 Å². The summed E-state index contributed by atoms with van der Waals surface area (Å²) in [6, 6.07) is 28.3. The van der Waals surface area contributed by atoms with Crippen molar-refractivity contribution in [1.82, 2.24) is 0 Å². The summed E-state index contributed by atoms with van der Waals surface area (Å²) in [5.41, 5.74) is 8.30. The zero-order valence-electron chi connectivity index (χ0n) is 29.2. The Bertz CT molecular complexity index is 2170. The fourth-order valence-corrected chi connectivity index (χ4v) is 9.00. The van der Waals surface area contributed by atoms with Gasteiger partial charge < -0.3 is 14.5 Å². The van der Waals surface area contributed by atoms with Crippen molar-refractivity contribution in [2.45, 2.75) is 19.4 Å². The summed E-state index contributed by atoms with van der Waals surface area (Å²) in [4.78, 5) is 18.2. The molecule has 4 nitrogen and oxygen atoms in total. The summed E-state index contributed by atoms with van der Waals surface area (Å²) in [5.74, 6) is -0.543. The standard InChI is InChI=1S/C42H34Br3Cl3N2O2/c1-23-7-11-25(12-8-23)31(29-17-15-27(49(3)4)19-33(29)46)21-42(36-35(41(51)52-42)37(43)40(48)39(45)38(36)44)22-32(26-13-9-24(2)10-14-26)30-18-16-28(50(5)6)20-34(30)47/h7-22H,1-6H3. The smallest absolute Gasteiger partial charge is 0.341 e. The molecule has 0 aromatic heterocycles. The number of halogens is 6. The second-order valence-electron chi connectivity index (χ2n) is 13.2. The van der Waals surface area contributed by atoms with E-state index in [1.165, 1.54) is 0 Å². The molecular formula is C42H34Br3Cl3N2O2. The Labute approximate surface area is 345 Å². The van der Waals surface area contributed by atoms with Crippen LogP contribution in [-0.4, -0.2) is 34.2 Å². The van der Waals surface area contributed by atoms with E-state index >= 15 is 0 Å². The summed E-state index contributed by atoms with van der Waals surface area (Å²) in [6.45, 7) is 4.08. The third kappa shape index (κ3) is 7.38. The van der Waals surface area contributed by atoms with Crippen LogP contribution in [0.15, 0.2) is 110 Å². The van der Waals surface area contributed by atoms with Crippen LogP contribution >= 0.6 is 82.6 Å². The zero-order chi connectivity index (χ0) is 37.6. The fourth-order valence-electron chi connectivity index (χ4n) is 6.22. The number of cyclic esters (lactones) is 1. The average Bonchev–Trinajstić information content (AvgIpc) is 3.40.